The lowest BCUT2D eigenvalue weighted by Gasteiger charge is -1.96. The molecular weight excluding hydrogens is 552 g/mol. The fraction of sp³-hybridized carbons (Fsp3) is 0.368. The van der Waals surface area contributed by atoms with Gasteiger partial charge in [-0.3, -0.25) is 15.2 Å². The molecule has 36 heavy (non-hydrogen) atoms. The van der Waals surface area contributed by atoms with Gasteiger partial charge in [0.05, 0.1) is 19.8 Å². The molecule has 0 aromatic carbocycles. The zero-order chi connectivity index (χ0) is 23.9. The summed E-state index contributed by atoms with van der Waals surface area (Å²) in [6.07, 6.45) is 3.25. The van der Waals surface area contributed by atoms with Gasteiger partial charge in [0.2, 0.25) is 5.84 Å². The maximum Gasteiger partial charge on any atom is 0.375 e. The summed E-state index contributed by atoms with van der Waals surface area (Å²) in [6, 6.07) is 0. The zero-order valence-electron chi connectivity index (χ0n) is 18.3. The molecule has 1 amide bonds. The number of carbonyl (C=O) groups excluding carboxylic acids is 3. The van der Waals surface area contributed by atoms with Gasteiger partial charge in [0.25, 0.3) is 5.91 Å². The summed E-state index contributed by atoms with van der Waals surface area (Å²) in [6.45, 7) is 4.49. The first-order valence-corrected chi connectivity index (χ1v) is 11.1. The number of nitrogens with zero attached hydrogens (tertiary/aromatic N) is 4. The van der Waals surface area contributed by atoms with Crippen molar-refractivity contribution in [2.45, 2.75) is 28.7 Å². The number of aliphatic imine (C=N–C) groups is 2. The molecule has 1 aliphatic heterocycles. The molecule has 0 saturated carbocycles. The number of esters is 2. The summed E-state index contributed by atoms with van der Waals surface area (Å²) in [5.41, 5.74) is 7.58. The average Bonchev–Trinajstić information content (AvgIpc) is 3.56. The van der Waals surface area contributed by atoms with E-state index in [1.807, 2.05) is 10.8 Å². The number of thiazole rings is 2. The molecule has 2 aromatic rings. The Hall–Kier alpha value is -2.89. The van der Waals surface area contributed by atoms with Crippen molar-refractivity contribution in [3.8, 4) is 0 Å². The van der Waals surface area contributed by atoms with Crippen LogP contribution in [0.1, 0.15) is 43.5 Å². The second kappa shape index (κ2) is 22.6. The minimum absolute atomic E-state index is 0. The van der Waals surface area contributed by atoms with Crippen LogP contribution in [0.15, 0.2) is 33.1 Å². The molecule has 17 heteroatoms. The summed E-state index contributed by atoms with van der Waals surface area (Å²) in [7, 11) is 0. The van der Waals surface area contributed by atoms with E-state index >= 15 is 0 Å². The normalized spacial score (nSPS) is 10.2. The number of carbonyl (C=O) groups is 3. The van der Waals surface area contributed by atoms with Crippen molar-refractivity contribution in [3.05, 3.63) is 33.2 Å². The number of ether oxygens (including phenoxy) is 2. The van der Waals surface area contributed by atoms with E-state index in [4.69, 9.17) is 16.3 Å². The molecule has 0 radical (unpaired) electrons. The van der Waals surface area contributed by atoms with Gasteiger partial charge in [0.15, 0.2) is 10.00 Å². The number of amidine groups is 1. The van der Waals surface area contributed by atoms with E-state index in [1.165, 1.54) is 22.7 Å². The Balaban J connectivity index is -0.000000215. The Bertz CT molecular complexity index is 970. The van der Waals surface area contributed by atoms with Gasteiger partial charge in [-0.25, -0.2) is 30.4 Å². The molecule has 8 N–H and O–H groups in total. The van der Waals surface area contributed by atoms with Crippen LogP contribution < -0.4 is 23.2 Å². The Kier molecular flexibility index (Phi) is 25.3. The number of rotatable bonds is 5. The third kappa shape index (κ3) is 14.5. The molecule has 0 aliphatic carbocycles. The number of amides is 1. The molecule has 0 fully saturated rings. The van der Waals surface area contributed by atoms with Crippen LogP contribution >= 0.6 is 47.3 Å². The number of nitrogen functional groups attached to an aromatic ring is 1. The van der Waals surface area contributed by atoms with Crippen molar-refractivity contribution < 1.29 is 23.9 Å². The Morgan fingerprint density at radius 3 is 2.08 bits per heavy atom. The van der Waals surface area contributed by atoms with Gasteiger partial charge in [0.1, 0.15) is 10.7 Å². The standard InChI is InChI=1S/C9H9N3O2S.C4H5N3OS.C4H7NO2S.2CH4.ClH.H3N/c1-2-14-9(13)7-11-5-6(12-7)8-10-3-4-15-8;5-7-3(8)4-6-1-2-9-4;1-2-7-4(6)3(5)8;;;;/h3-4H,2,5H2,1H3;1-2H,5H2,(H,7,8);2H2,1H3,(H2,5,8);2*1H4;1H;1H3. The van der Waals surface area contributed by atoms with E-state index in [2.05, 4.69) is 36.9 Å². The second-order valence-electron chi connectivity index (χ2n) is 5.15. The summed E-state index contributed by atoms with van der Waals surface area (Å²) in [4.78, 5) is 47.8. The molecule has 2 aromatic heterocycles. The van der Waals surface area contributed by atoms with Gasteiger partial charge >= 0.3 is 11.9 Å². The Morgan fingerprint density at radius 2 is 1.67 bits per heavy atom. The zero-order valence-corrected chi connectivity index (χ0v) is 21.5. The fourth-order valence-electron chi connectivity index (χ4n) is 1.74. The number of thiocarbonyl (C=S) groups is 1. The lowest BCUT2D eigenvalue weighted by atomic mass is 10.4. The van der Waals surface area contributed by atoms with Crippen LogP contribution in [-0.4, -0.2) is 64.1 Å². The highest BCUT2D eigenvalue weighted by Crippen LogP contribution is 2.10. The Morgan fingerprint density at radius 1 is 1.08 bits per heavy atom. The topological polar surface area (TPSA) is 219 Å². The van der Waals surface area contributed by atoms with Gasteiger partial charge in [-0.1, -0.05) is 27.1 Å². The first kappa shape index (κ1) is 40.3. The van der Waals surface area contributed by atoms with E-state index in [0.717, 1.165) is 10.7 Å². The van der Waals surface area contributed by atoms with Gasteiger partial charge in [-0.05, 0) is 13.8 Å². The number of hydrazine groups is 1. The van der Waals surface area contributed by atoms with Crippen LogP contribution in [-0.2, 0) is 19.1 Å². The summed E-state index contributed by atoms with van der Waals surface area (Å²) in [5.74, 6) is 3.55. The number of hydrogen-bond acceptors (Lipinski definition) is 14. The van der Waals surface area contributed by atoms with Gasteiger partial charge in [-0.2, -0.15) is 0 Å². The monoisotopic (exact) mass is 584 g/mol. The van der Waals surface area contributed by atoms with E-state index in [-0.39, 0.29) is 50.1 Å². The third-order valence-corrected chi connectivity index (χ3v) is 4.75. The lowest BCUT2D eigenvalue weighted by molar-refractivity contribution is -0.135. The molecule has 13 nitrogen and oxygen atoms in total. The summed E-state index contributed by atoms with van der Waals surface area (Å²) < 4.78 is 9.20. The molecule has 0 atom stereocenters. The average molecular weight is 585 g/mol. The Labute approximate surface area is 229 Å². The predicted molar refractivity (Wildman–Crippen MR) is 151 cm³/mol. The molecule has 1 aliphatic rings. The molecule has 3 rings (SSSR count). The highest BCUT2D eigenvalue weighted by molar-refractivity contribution is 7.81. The van der Waals surface area contributed by atoms with Crippen LogP contribution in [0.3, 0.4) is 0 Å². The maximum absolute atomic E-state index is 11.3. The molecular formula is C19H33ClN8O5S3. The first-order valence-electron chi connectivity index (χ1n) is 8.89. The molecule has 0 saturated heterocycles. The minimum Gasteiger partial charge on any atom is -0.461 e. The fourth-order valence-corrected chi connectivity index (χ4v) is 2.95. The maximum atomic E-state index is 11.3. The van der Waals surface area contributed by atoms with Crippen LogP contribution in [0.2, 0.25) is 0 Å². The molecule has 0 bridgehead atoms. The van der Waals surface area contributed by atoms with Crippen LogP contribution in [0.4, 0.5) is 0 Å². The van der Waals surface area contributed by atoms with Crippen molar-refractivity contribution in [1.29, 1.82) is 0 Å². The first-order chi connectivity index (χ1) is 15.3. The van der Waals surface area contributed by atoms with Gasteiger partial charge in [0, 0.05) is 23.2 Å². The summed E-state index contributed by atoms with van der Waals surface area (Å²) in [5, 5.41) is 4.76. The smallest absolute Gasteiger partial charge is 0.375 e. The largest absolute Gasteiger partial charge is 0.461 e. The van der Waals surface area contributed by atoms with E-state index in [0.29, 0.717) is 24.8 Å². The summed E-state index contributed by atoms with van der Waals surface area (Å²) >= 11 is 7.02. The number of nitrogens with two attached hydrogens (primary N) is 2. The van der Waals surface area contributed by atoms with Crippen molar-refractivity contribution in [1.82, 2.24) is 21.5 Å². The van der Waals surface area contributed by atoms with Crippen LogP contribution in [0, 0.1) is 0 Å². The van der Waals surface area contributed by atoms with Crippen molar-refractivity contribution >= 4 is 81.7 Å². The lowest BCUT2D eigenvalue weighted by Crippen LogP contribution is -2.29. The molecule has 3 heterocycles. The highest BCUT2D eigenvalue weighted by Gasteiger charge is 2.20. The van der Waals surface area contributed by atoms with Crippen molar-refractivity contribution in [2.75, 3.05) is 19.8 Å². The second-order valence-corrected chi connectivity index (χ2v) is 7.38. The highest BCUT2D eigenvalue weighted by atomic mass is 35.5. The quantitative estimate of drug-likeness (QED) is 0.131. The van der Waals surface area contributed by atoms with Crippen molar-refractivity contribution in [2.24, 2.45) is 21.6 Å². The number of aromatic nitrogens is 2. The van der Waals surface area contributed by atoms with Crippen LogP contribution in [0.5, 0.6) is 0 Å². The minimum atomic E-state index is -0.609. The number of nitrogens with one attached hydrogen (secondary N) is 1. The molecule has 0 spiro atoms. The van der Waals surface area contributed by atoms with Gasteiger partial charge < -0.3 is 21.4 Å². The van der Waals surface area contributed by atoms with E-state index in [9.17, 15) is 14.4 Å². The molecule has 204 valence electrons. The van der Waals surface area contributed by atoms with Crippen LogP contribution in [0.25, 0.3) is 0 Å². The van der Waals surface area contributed by atoms with Crippen molar-refractivity contribution in [3.63, 3.8) is 0 Å². The number of halogens is 1. The van der Waals surface area contributed by atoms with E-state index < -0.39 is 11.9 Å². The SMILES string of the molecule is C.C.CCOC(=O)C(N)=S.CCOC(=O)C1=NCC(c2nccs2)=N1.Cl.N.NNC(=O)c1nccs1. The predicted octanol–water partition coefficient (Wildman–Crippen LogP) is 2.35. The van der Waals surface area contributed by atoms with E-state index in [1.54, 1.807) is 31.6 Å². The number of hydrogen-bond donors (Lipinski definition) is 4. The molecule has 0 unspecified atom stereocenters. The third-order valence-electron chi connectivity index (χ3n) is 2.99. The van der Waals surface area contributed by atoms with Gasteiger partial charge in [-0.15, -0.1) is 35.1 Å².